The molecule has 3 rings (SSSR count). The van der Waals surface area contributed by atoms with Gasteiger partial charge >= 0.3 is 0 Å². The number of ether oxygens (including phenoxy) is 1. The Kier molecular flexibility index (Phi) is 5.55. The molecule has 0 spiro atoms. The molecule has 0 aliphatic carbocycles. The van der Waals surface area contributed by atoms with Crippen LogP contribution in [0.5, 0.6) is 5.75 Å². The number of hydrogen-bond donors (Lipinski definition) is 2. The van der Waals surface area contributed by atoms with Crippen LogP contribution in [-0.4, -0.2) is 25.6 Å². The van der Waals surface area contributed by atoms with Crippen LogP contribution in [0.1, 0.15) is 50.6 Å². The first-order valence-electron chi connectivity index (χ1n) is 8.96. The van der Waals surface area contributed by atoms with Gasteiger partial charge in [0.2, 0.25) is 5.91 Å². The van der Waals surface area contributed by atoms with Crippen molar-refractivity contribution >= 4 is 5.91 Å². The molecular formula is C19H28N2O2. The average molecular weight is 316 g/mol. The lowest BCUT2D eigenvalue weighted by atomic mass is 9.85. The average Bonchev–Trinajstić information content (AvgIpc) is 2.78. The van der Waals surface area contributed by atoms with E-state index in [1.54, 1.807) is 0 Å². The minimum Gasteiger partial charge on any atom is -0.493 e. The van der Waals surface area contributed by atoms with Gasteiger partial charge in [-0.15, -0.1) is 0 Å². The van der Waals surface area contributed by atoms with Gasteiger partial charge in [-0.05, 0) is 56.7 Å². The predicted octanol–water partition coefficient (Wildman–Crippen LogP) is 3.04. The summed E-state index contributed by atoms with van der Waals surface area (Å²) in [6, 6.07) is 8.15. The van der Waals surface area contributed by atoms with E-state index < -0.39 is 0 Å². The summed E-state index contributed by atoms with van der Waals surface area (Å²) in [6.07, 6.45) is 5.00. The smallest absolute Gasteiger partial charge is 0.220 e. The Bertz CT molecular complexity index is 526. The number of rotatable bonds is 4. The first kappa shape index (κ1) is 16.3. The van der Waals surface area contributed by atoms with Gasteiger partial charge in [-0.1, -0.05) is 25.1 Å². The molecule has 2 aliphatic heterocycles. The number of nitrogens with one attached hydrogen (secondary N) is 2. The molecule has 0 radical (unpaired) electrons. The van der Waals surface area contributed by atoms with Gasteiger partial charge in [-0.25, -0.2) is 0 Å². The van der Waals surface area contributed by atoms with Crippen LogP contribution in [0, 0.1) is 11.8 Å². The zero-order chi connectivity index (χ0) is 16.1. The third kappa shape index (κ3) is 4.25. The molecule has 0 bridgehead atoms. The van der Waals surface area contributed by atoms with Crippen molar-refractivity contribution < 1.29 is 9.53 Å². The van der Waals surface area contributed by atoms with E-state index in [0.29, 0.717) is 18.3 Å². The summed E-state index contributed by atoms with van der Waals surface area (Å²) in [7, 11) is 0. The monoisotopic (exact) mass is 316 g/mol. The molecule has 1 saturated heterocycles. The van der Waals surface area contributed by atoms with Crippen molar-refractivity contribution in [2.24, 2.45) is 11.8 Å². The Hall–Kier alpha value is -1.55. The van der Waals surface area contributed by atoms with Crippen LogP contribution in [0.15, 0.2) is 24.3 Å². The fraction of sp³-hybridized carbons (Fsp3) is 0.632. The van der Waals surface area contributed by atoms with Crippen LogP contribution in [0.2, 0.25) is 0 Å². The SMILES string of the molecule is CC(CC(=O)NC1CCCOc2ccccc21)C1CCCNC1. The van der Waals surface area contributed by atoms with Crippen molar-refractivity contribution in [3.8, 4) is 5.75 Å². The first-order chi connectivity index (χ1) is 11.2. The summed E-state index contributed by atoms with van der Waals surface area (Å²) in [6.45, 7) is 5.11. The third-order valence-electron chi connectivity index (χ3n) is 5.17. The Morgan fingerprint density at radius 3 is 3.04 bits per heavy atom. The van der Waals surface area contributed by atoms with E-state index in [9.17, 15) is 4.79 Å². The molecule has 4 nitrogen and oxygen atoms in total. The van der Waals surface area contributed by atoms with Crippen molar-refractivity contribution in [1.82, 2.24) is 10.6 Å². The van der Waals surface area contributed by atoms with Gasteiger partial charge in [-0.2, -0.15) is 0 Å². The molecule has 2 N–H and O–H groups in total. The highest BCUT2D eigenvalue weighted by Crippen LogP contribution is 2.31. The highest BCUT2D eigenvalue weighted by atomic mass is 16.5. The van der Waals surface area contributed by atoms with Gasteiger partial charge in [0.1, 0.15) is 5.75 Å². The van der Waals surface area contributed by atoms with E-state index in [1.165, 1.54) is 12.8 Å². The summed E-state index contributed by atoms with van der Waals surface area (Å²) < 4.78 is 5.78. The van der Waals surface area contributed by atoms with E-state index in [2.05, 4.69) is 23.6 Å². The van der Waals surface area contributed by atoms with Crippen molar-refractivity contribution in [1.29, 1.82) is 0 Å². The number of piperidine rings is 1. The fourth-order valence-corrected chi connectivity index (χ4v) is 3.75. The molecule has 2 aliphatic rings. The number of benzene rings is 1. The zero-order valence-corrected chi connectivity index (χ0v) is 14.0. The minimum atomic E-state index is 0.0814. The Morgan fingerprint density at radius 1 is 1.35 bits per heavy atom. The van der Waals surface area contributed by atoms with Gasteiger partial charge < -0.3 is 15.4 Å². The summed E-state index contributed by atoms with van der Waals surface area (Å²) in [5, 5.41) is 6.69. The standard InChI is InChI=1S/C19H28N2O2/c1-14(15-6-4-10-20-13-15)12-19(22)21-17-8-5-11-23-18-9-3-2-7-16(17)18/h2-3,7,9,14-15,17,20H,4-6,8,10-13H2,1H3,(H,21,22). The van der Waals surface area contributed by atoms with Gasteiger partial charge in [0, 0.05) is 12.0 Å². The second-order valence-corrected chi connectivity index (χ2v) is 6.94. The molecule has 2 heterocycles. The molecule has 23 heavy (non-hydrogen) atoms. The number of carbonyl (C=O) groups is 1. The molecule has 1 aromatic carbocycles. The largest absolute Gasteiger partial charge is 0.493 e. The van der Waals surface area contributed by atoms with E-state index in [1.807, 2.05) is 18.2 Å². The van der Waals surface area contributed by atoms with Gasteiger partial charge in [-0.3, -0.25) is 4.79 Å². The molecule has 3 atom stereocenters. The van der Waals surface area contributed by atoms with Crippen LogP contribution in [0.25, 0.3) is 0 Å². The summed E-state index contributed by atoms with van der Waals surface area (Å²) in [5.41, 5.74) is 1.12. The van der Waals surface area contributed by atoms with Crippen LogP contribution >= 0.6 is 0 Å². The fourth-order valence-electron chi connectivity index (χ4n) is 3.75. The predicted molar refractivity (Wildman–Crippen MR) is 91.4 cm³/mol. The zero-order valence-electron chi connectivity index (χ0n) is 14.0. The summed E-state index contributed by atoms with van der Waals surface area (Å²) in [5.74, 6) is 2.14. The lowest BCUT2D eigenvalue weighted by Crippen LogP contribution is -2.36. The van der Waals surface area contributed by atoms with Crippen molar-refractivity contribution in [3.05, 3.63) is 29.8 Å². The maximum Gasteiger partial charge on any atom is 0.220 e. The van der Waals surface area contributed by atoms with Crippen LogP contribution in [0.4, 0.5) is 0 Å². The lowest BCUT2D eigenvalue weighted by Gasteiger charge is -2.28. The van der Waals surface area contributed by atoms with Crippen molar-refractivity contribution in [3.63, 3.8) is 0 Å². The Morgan fingerprint density at radius 2 is 2.22 bits per heavy atom. The normalized spacial score (nSPS) is 25.6. The number of hydrogen-bond acceptors (Lipinski definition) is 3. The van der Waals surface area contributed by atoms with Crippen LogP contribution in [-0.2, 0) is 4.79 Å². The molecule has 3 unspecified atom stereocenters. The maximum atomic E-state index is 12.5. The molecular weight excluding hydrogens is 288 g/mol. The van der Waals surface area contributed by atoms with E-state index in [4.69, 9.17) is 4.74 Å². The highest BCUT2D eigenvalue weighted by molar-refractivity contribution is 5.76. The summed E-state index contributed by atoms with van der Waals surface area (Å²) >= 11 is 0. The Labute approximate surface area is 139 Å². The van der Waals surface area contributed by atoms with E-state index >= 15 is 0 Å². The van der Waals surface area contributed by atoms with E-state index in [-0.39, 0.29) is 11.9 Å². The number of fused-ring (bicyclic) bond motifs is 1. The number of amides is 1. The minimum absolute atomic E-state index is 0.0814. The second kappa shape index (κ2) is 7.82. The molecule has 1 fully saturated rings. The molecule has 4 heteroatoms. The summed E-state index contributed by atoms with van der Waals surface area (Å²) in [4.78, 5) is 12.5. The van der Waals surface area contributed by atoms with Crippen LogP contribution < -0.4 is 15.4 Å². The molecule has 1 amide bonds. The van der Waals surface area contributed by atoms with Crippen molar-refractivity contribution in [2.75, 3.05) is 19.7 Å². The molecule has 0 saturated carbocycles. The maximum absolute atomic E-state index is 12.5. The number of carbonyl (C=O) groups excluding carboxylic acids is 1. The number of para-hydroxylation sites is 1. The molecule has 126 valence electrons. The van der Waals surface area contributed by atoms with Crippen molar-refractivity contribution in [2.45, 2.75) is 45.1 Å². The first-order valence-corrected chi connectivity index (χ1v) is 8.96. The lowest BCUT2D eigenvalue weighted by molar-refractivity contribution is -0.123. The quantitative estimate of drug-likeness (QED) is 0.897. The second-order valence-electron chi connectivity index (χ2n) is 6.94. The Balaban J connectivity index is 1.59. The van der Waals surface area contributed by atoms with Gasteiger partial charge in [0.25, 0.3) is 0 Å². The van der Waals surface area contributed by atoms with Gasteiger partial charge in [0.05, 0.1) is 12.6 Å². The molecule has 1 aromatic rings. The van der Waals surface area contributed by atoms with Crippen LogP contribution in [0.3, 0.4) is 0 Å². The molecule has 0 aromatic heterocycles. The topological polar surface area (TPSA) is 50.4 Å². The third-order valence-corrected chi connectivity index (χ3v) is 5.17. The van der Waals surface area contributed by atoms with E-state index in [0.717, 1.165) is 43.9 Å². The highest BCUT2D eigenvalue weighted by Gasteiger charge is 2.25. The van der Waals surface area contributed by atoms with Gasteiger partial charge in [0.15, 0.2) is 0 Å².